The predicted molar refractivity (Wildman–Crippen MR) is 68.2 cm³/mol. The van der Waals surface area contributed by atoms with Crippen molar-refractivity contribution in [2.75, 3.05) is 6.61 Å². The Balaban J connectivity index is 4.66. The molecular weight excluding hydrogens is 200 g/mol. The van der Waals surface area contributed by atoms with Crippen LogP contribution in [0.25, 0.3) is 0 Å². The minimum atomic E-state index is -0.204. The molecule has 2 nitrogen and oxygen atoms in total. The van der Waals surface area contributed by atoms with Crippen LogP contribution < -0.4 is 0 Å². The van der Waals surface area contributed by atoms with Gasteiger partial charge < -0.3 is 4.74 Å². The highest BCUT2D eigenvalue weighted by Crippen LogP contribution is 2.34. The van der Waals surface area contributed by atoms with E-state index < -0.39 is 0 Å². The molecule has 0 radical (unpaired) electrons. The molecule has 94 valence electrons. The lowest BCUT2D eigenvalue weighted by Gasteiger charge is -2.30. The summed E-state index contributed by atoms with van der Waals surface area (Å²) in [4.78, 5) is 11.5. The molecule has 16 heavy (non-hydrogen) atoms. The number of allylic oxidation sites excluding steroid dienone is 1. The van der Waals surface area contributed by atoms with Gasteiger partial charge in [0.05, 0.1) is 6.61 Å². The van der Waals surface area contributed by atoms with E-state index in [4.69, 9.17) is 4.74 Å². The maximum absolute atomic E-state index is 11.5. The number of ether oxygens (including phenoxy) is 1. The molecule has 0 aromatic carbocycles. The highest BCUT2D eigenvalue weighted by Gasteiger charge is 2.24. The number of hydrogen-bond donors (Lipinski definition) is 0. The Labute approximate surface area is 100 Å². The van der Waals surface area contributed by atoms with Gasteiger partial charge in [-0.15, -0.1) is 0 Å². The Morgan fingerprint density at radius 3 is 2.06 bits per heavy atom. The normalized spacial score (nSPS) is 13.8. The molecule has 0 aliphatic rings. The zero-order chi connectivity index (χ0) is 13.0. The maximum atomic E-state index is 11.5. The van der Waals surface area contributed by atoms with Crippen LogP contribution in [0.1, 0.15) is 54.9 Å². The first-order valence-corrected chi connectivity index (χ1v) is 5.94. The second-order valence-corrected chi connectivity index (χ2v) is 6.27. The van der Waals surface area contributed by atoms with Gasteiger partial charge in [-0.1, -0.05) is 40.7 Å². The Bertz CT molecular complexity index is 267. The van der Waals surface area contributed by atoms with Crippen molar-refractivity contribution in [3.8, 4) is 0 Å². The largest absolute Gasteiger partial charge is 0.463 e. The van der Waals surface area contributed by atoms with Crippen molar-refractivity contribution in [3.05, 3.63) is 11.6 Å². The van der Waals surface area contributed by atoms with Crippen LogP contribution in [0.3, 0.4) is 0 Å². The molecule has 0 N–H and O–H groups in total. The van der Waals surface area contributed by atoms with E-state index in [1.54, 1.807) is 0 Å². The van der Waals surface area contributed by atoms with Crippen LogP contribution in [-0.4, -0.2) is 12.6 Å². The lowest BCUT2D eigenvalue weighted by Crippen LogP contribution is -2.20. The molecule has 0 aromatic rings. The summed E-state index contributed by atoms with van der Waals surface area (Å²) in [5, 5.41) is 0. The van der Waals surface area contributed by atoms with E-state index in [9.17, 15) is 4.79 Å². The van der Waals surface area contributed by atoms with Gasteiger partial charge in [-0.25, -0.2) is 4.79 Å². The SMILES string of the molecule is CCOC(=O)/C(C)=C\C(C)(C)CC(C)(C)C. The quantitative estimate of drug-likeness (QED) is 0.536. The third-order valence-electron chi connectivity index (χ3n) is 2.19. The van der Waals surface area contributed by atoms with Gasteiger partial charge in [-0.05, 0) is 31.1 Å². The van der Waals surface area contributed by atoms with Gasteiger partial charge in [-0.3, -0.25) is 0 Å². The lowest BCUT2D eigenvalue weighted by atomic mass is 9.75. The average molecular weight is 226 g/mol. The van der Waals surface area contributed by atoms with E-state index in [2.05, 4.69) is 34.6 Å². The zero-order valence-corrected chi connectivity index (χ0v) is 11.8. The van der Waals surface area contributed by atoms with Crippen LogP contribution >= 0.6 is 0 Å². The van der Waals surface area contributed by atoms with Gasteiger partial charge in [0.25, 0.3) is 0 Å². The van der Waals surface area contributed by atoms with Crippen molar-refractivity contribution < 1.29 is 9.53 Å². The summed E-state index contributed by atoms with van der Waals surface area (Å²) in [6, 6.07) is 0. The van der Waals surface area contributed by atoms with Gasteiger partial charge in [0, 0.05) is 5.57 Å². The minimum Gasteiger partial charge on any atom is -0.463 e. The minimum absolute atomic E-state index is 0.0229. The lowest BCUT2D eigenvalue weighted by molar-refractivity contribution is -0.138. The third-order valence-corrected chi connectivity index (χ3v) is 2.19. The predicted octanol–water partition coefficient (Wildman–Crippen LogP) is 3.96. The van der Waals surface area contributed by atoms with E-state index >= 15 is 0 Å². The second-order valence-electron chi connectivity index (χ2n) is 6.27. The van der Waals surface area contributed by atoms with Gasteiger partial charge in [0.2, 0.25) is 0 Å². The van der Waals surface area contributed by atoms with Crippen molar-refractivity contribution in [1.82, 2.24) is 0 Å². The molecule has 0 amide bonds. The molecule has 0 saturated heterocycles. The summed E-state index contributed by atoms with van der Waals surface area (Å²) in [6.07, 6.45) is 3.06. The molecule has 0 unspecified atom stereocenters. The zero-order valence-electron chi connectivity index (χ0n) is 11.8. The molecule has 0 heterocycles. The highest BCUT2D eigenvalue weighted by molar-refractivity contribution is 5.87. The summed E-state index contributed by atoms with van der Waals surface area (Å²) in [5.74, 6) is -0.204. The first-order valence-electron chi connectivity index (χ1n) is 5.94. The summed E-state index contributed by atoms with van der Waals surface area (Å²) in [5.41, 5.74) is 0.987. The van der Waals surface area contributed by atoms with E-state index in [1.165, 1.54) is 0 Å². The average Bonchev–Trinajstić information content (AvgIpc) is 1.98. The van der Waals surface area contributed by atoms with Crippen LogP contribution in [-0.2, 0) is 9.53 Å². The van der Waals surface area contributed by atoms with Crippen LogP contribution in [0.4, 0.5) is 0 Å². The molecule has 0 aromatic heterocycles. The van der Waals surface area contributed by atoms with Gasteiger partial charge in [0.1, 0.15) is 0 Å². The van der Waals surface area contributed by atoms with Crippen molar-refractivity contribution in [2.45, 2.75) is 54.9 Å². The van der Waals surface area contributed by atoms with Crippen LogP contribution in [0, 0.1) is 10.8 Å². The van der Waals surface area contributed by atoms with Gasteiger partial charge in [-0.2, -0.15) is 0 Å². The van der Waals surface area contributed by atoms with Crippen molar-refractivity contribution in [2.24, 2.45) is 10.8 Å². The van der Waals surface area contributed by atoms with E-state index in [1.807, 2.05) is 19.9 Å². The fourth-order valence-corrected chi connectivity index (χ4v) is 2.31. The molecule has 0 aliphatic heterocycles. The molecule has 0 fully saturated rings. The first-order chi connectivity index (χ1) is 7.07. The summed E-state index contributed by atoms with van der Waals surface area (Å²) >= 11 is 0. The summed E-state index contributed by atoms with van der Waals surface area (Å²) in [6.45, 7) is 15.0. The Hall–Kier alpha value is -0.790. The van der Waals surface area contributed by atoms with E-state index in [-0.39, 0.29) is 16.8 Å². The van der Waals surface area contributed by atoms with Crippen molar-refractivity contribution in [3.63, 3.8) is 0 Å². The molecule has 0 saturated carbocycles. The molecule has 0 bridgehead atoms. The summed E-state index contributed by atoms with van der Waals surface area (Å²) < 4.78 is 4.97. The van der Waals surface area contributed by atoms with Gasteiger partial charge in [0.15, 0.2) is 0 Å². The molecule has 2 heteroatoms. The maximum Gasteiger partial charge on any atom is 0.333 e. The van der Waals surface area contributed by atoms with E-state index in [0.29, 0.717) is 12.2 Å². The molecule has 0 rings (SSSR count). The number of carbonyl (C=O) groups is 1. The first kappa shape index (κ1) is 15.2. The topological polar surface area (TPSA) is 26.3 Å². The molecule has 0 atom stereocenters. The van der Waals surface area contributed by atoms with E-state index in [0.717, 1.165) is 6.42 Å². The fourth-order valence-electron chi connectivity index (χ4n) is 2.31. The number of rotatable bonds is 4. The molecular formula is C14H26O2. The smallest absolute Gasteiger partial charge is 0.333 e. The summed E-state index contributed by atoms with van der Waals surface area (Å²) in [7, 11) is 0. The monoisotopic (exact) mass is 226 g/mol. The molecule has 0 spiro atoms. The Kier molecular flexibility index (Phi) is 5.24. The van der Waals surface area contributed by atoms with Crippen molar-refractivity contribution in [1.29, 1.82) is 0 Å². The number of esters is 1. The Morgan fingerprint density at radius 2 is 1.69 bits per heavy atom. The van der Waals surface area contributed by atoms with Gasteiger partial charge >= 0.3 is 5.97 Å². The Morgan fingerprint density at radius 1 is 1.19 bits per heavy atom. The number of hydrogen-bond acceptors (Lipinski definition) is 2. The third kappa shape index (κ3) is 6.65. The van der Waals surface area contributed by atoms with Crippen LogP contribution in [0.15, 0.2) is 11.6 Å². The molecule has 0 aliphatic carbocycles. The van der Waals surface area contributed by atoms with Crippen LogP contribution in [0.5, 0.6) is 0 Å². The number of carbonyl (C=O) groups excluding carboxylic acids is 1. The highest BCUT2D eigenvalue weighted by atomic mass is 16.5. The van der Waals surface area contributed by atoms with Crippen molar-refractivity contribution >= 4 is 5.97 Å². The second kappa shape index (κ2) is 5.51. The fraction of sp³-hybridized carbons (Fsp3) is 0.786. The standard InChI is InChI=1S/C14H26O2/c1-8-16-12(15)11(2)9-14(6,7)10-13(3,4)5/h9H,8,10H2,1-7H3/b11-9-. The van der Waals surface area contributed by atoms with Crippen LogP contribution in [0.2, 0.25) is 0 Å².